The van der Waals surface area contributed by atoms with Crippen molar-refractivity contribution in [1.29, 1.82) is 0 Å². The summed E-state index contributed by atoms with van der Waals surface area (Å²) in [5.41, 5.74) is 3.94. The van der Waals surface area contributed by atoms with Crippen LogP contribution in [0.5, 0.6) is 0 Å². The van der Waals surface area contributed by atoms with Gasteiger partial charge in [0.2, 0.25) is 0 Å². The van der Waals surface area contributed by atoms with Crippen LogP contribution in [0.1, 0.15) is 0 Å². The number of thiophene rings is 1. The van der Waals surface area contributed by atoms with Gasteiger partial charge in [-0.1, -0.05) is 91.0 Å². The summed E-state index contributed by atoms with van der Waals surface area (Å²) >= 11 is 1.81. The topological polar surface area (TPSA) is 0 Å². The molecule has 6 rings (SSSR count). The average Bonchev–Trinajstić information content (AvgIpc) is 3.31. The van der Waals surface area contributed by atoms with Gasteiger partial charge in [-0.15, -0.1) is 11.3 Å². The molecular weight excluding hydrogens is 368 g/mol. The van der Waals surface area contributed by atoms with Crippen LogP contribution in [0.25, 0.3) is 53.9 Å². The summed E-state index contributed by atoms with van der Waals surface area (Å²) in [6.45, 7) is 0. The van der Waals surface area contributed by atoms with Crippen molar-refractivity contribution in [3.8, 4) is 21.6 Å². The van der Waals surface area contributed by atoms with Crippen molar-refractivity contribution in [2.75, 3.05) is 0 Å². The third-order valence-corrected chi connectivity index (χ3v) is 6.62. The summed E-state index contributed by atoms with van der Waals surface area (Å²) in [6, 6.07) is 37.5. The SMILES string of the molecule is c1csc(-c2c3ccccc3c(-c3ccc4ccccc4c3)c3ccccc23)c1. The van der Waals surface area contributed by atoms with E-state index in [1.807, 2.05) is 11.3 Å². The van der Waals surface area contributed by atoms with Crippen molar-refractivity contribution in [3.63, 3.8) is 0 Å². The van der Waals surface area contributed by atoms with Gasteiger partial charge in [-0.2, -0.15) is 0 Å². The molecule has 0 amide bonds. The quantitative estimate of drug-likeness (QED) is 0.262. The fraction of sp³-hybridized carbons (Fsp3) is 0. The zero-order valence-corrected chi connectivity index (χ0v) is 16.6. The molecule has 29 heavy (non-hydrogen) atoms. The summed E-state index contributed by atoms with van der Waals surface area (Å²) in [5.74, 6) is 0. The molecule has 0 atom stereocenters. The maximum atomic E-state index is 2.33. The lowest BCUT2D eigenvalue weighted by molar-refractivity contribution is 1.70. The van der Waals surface area contributed by atoms with Gasteiger partial charge in [0.15, 0.2) is 0 Å². The highest BCUT2D eigenvalue weighted by Gasteiger charge is 2.16. The Morgan fingerprint density at radius 3 is 1.66 bits per heavy atom. The van der Waals surface area contributed by atoms with E-state index in [4.69, 9.17) is 0 Å². The summed E-state index contributed by atoms with van der Waals surface area (Å²) in [5, 5.41) is 9.97. The molecular formula is C28H18S. The van der Waals surface area contributed by atoms with E-state index < -0.39 is 0 Å². The highest BCUT2D eigenvalue weighted by atomic mass is 32.1. The lowest BCUT2D eigenvalue weighted by Gasteiger charge is -2.17. The Labute approximate surface area is 173 Å². The van der Waals surface area contributed by atoms with Crippen molar-refractivity contribution >= 4 is 43.7 Å². The van der Waals surface area contributed by atoms with Gasteiger partial charge in [-0.3, -0.25) is 0 Å². The van der Waals surface area contributed by atoms with Gasteiger partial charge in [0.1, 0.15) is 0 Å². The molecule has 0 aliphatic heterocycles. The molecule has 0 spiro atoms. The Balaban J connectivity index is 1.80. The largest absolute Gasteiger partial charge is 0.144 e. The van der Waals surface area contributed by atoms with Gasteiger partial charge >= 0.3 is 0 Å². The van der Waals surface area contributed by atoms with E-state index >= 15 is 0 Å². The van der Waals surface area contributed by atoms with Gasteiger partial charge in [0.05, 0.1) is 0 Å². The van der Waals surface area contributed by atoms with E-state index in [2.05, 4.69) is 109 Å². The number of hydrogen-bond donors (Lipinski definition) is 0. The molecule has 0 N–H and O–H groups in total. The molecule has 1 heteroatoms. The molecule has 6 aromatic rings. The highest BCUT2D eigenvalue weighted by molar-refractivity contribution is 7.13. The number of rotatable bonds is 2. The van der Waals surface area contributed by atoms with Crippen LogP contribution in [0.15, 0.2) is 109 Å². The molecule has 136 valence electrons. The van der Waals surface area contributed by atoms with Crippen LogP contribution in [0, 0.1) is 0 Å². The van der Waals surface area contributed by atoms with Crippen molar-refractivity contribution in [2.45, 2.75) is 0 Å². The summed E-state index contributed by atoms with van der Waals surface area (Å²) in [6.07, 6.45) is 0. The first-order valence-corrected chi connectivity index (χ1v) is 10.7. The molecule has 0 unspecified atom stereocenters. The molecule has 0 fully saturated rings. The van der Waals surface area contributed by atoms with Crippen LogP contribution in [-0.2, 0) is 0 Å². The Morgan fingerprint density at radius 1 is 0.448 bits per heavy atom. The Hall–Kier alpha value is -3.42. The molecule has 0 radical (unpaired) electrons. The zero-order valence-electron chi connectivity index (χ0n) is 15.8. The molecule has 1 aromatic heterocycles. The number of hydrogen-bond acceptors (Lipinski definition) is 1. The number of fused-ring (bicyclic) bond motifs is 3. The first-order chi connectivity index (χ1) is 14.4. The minimum absolute atomic E-state index is 1.27. The van der Waals surface area contributed by atoms with Gasteiger partial charge in [-0.25, -0.2) is 0 Å². The summed E-state index contributed by atoms with van der Waals surface area (Å²) in [7, 11) is 0. The fourth-order valence-electron chi connectivity index (χ4n) is 4.47. The average molecular weight is 387 g/mol. The van der Waals surface area contributed by atoms with Crippen LogP contribution in [-0.4, -0.2) is 0 Å². The van der Waals surface area contributed by atoms with Crippen LogP contribution < -0.4 is 0 Å². The molecule has 0 saturated heterocycles. The lowest BCUT2D eigenvalue weighted by atomic mass is 9.87. The van der Waals surface area contributed by atoms with Crippen molar-refractivity contribution < 1.29 is 0 Å². The van der Waals surface area contributed by atoms with Gasteiger partial charge < -0.3 is 0 Å². The summed E-state index contributed by atoms with van der Waals surface area (Å²) in [4.78, 5) is 1.32. The maximum absolute atomic E-state index is 2.33. The second kappa shape index (κ2) is 6.58. The van der Waals surface area contributed by atoms with E-state index in [0.717, 1.165) is 0 Å². The Kier molecular flexibility index (Phi) is 3.75. The predicted molar refractivity (Wildman–Crippen MR) is 128 cm³/mol. The summed E-state index contributed by atoms with van der Waals surface area (Å²) < 4.78 is 0. The molecule has 5 aromatic carbocycles. The standard InChI is InChI=1S/C28H18S/c1-2-9-20-18-21(16-15-19(20)8-1)27-22-10-3-5-12-24(22)28(26-14-7-17-29-26)25-13-6-4-11-23(25)27/h1-18H. The van der Waals surface area contributed by atoms with Crippen molar-refractivity contribution in [3.05, 3.63) is 109 Å². The first-order valence-electron chi connectivity index (χ1n) is 9.87. The minimum Gasteiger partial charge on any atom is -0.144 e. The molecule has 0 bridgehead atoms. The monoisotopic (exact) mass is 386 g/mol. The molecule has 0 aliphatic rings. The van der Waals surface area contributed by atoms with E-state index in [-0.39, 0.29) is 0 Å². The van der Waals surface area contributed by atoms with Gasteiger partial charge in [-0.05, 0) is 61.0 Å². The lowest BCUT2D eigenvalue weighted by Crippen LogP contribution is -1.89. The van der Waals surface area contributed by atoms with Crippen LogP contribution >= 0.6 is 11.3 Å². The van der Waals surface area contributed by atoms with Crippen molar-refractivity contribution in [1.82, 2.24) is 0 Å². The minimum atomic E-state index is 1.27. The highest BCUT2D eigenvalue weighted by Crippen LogP contribution is 2.44. The maximum Gasteiger partial charge on any atom is 0.0355 e. The number of benzene rings is 5. The Morgan fingerprint density at radius 2 is 1.03 bits per heavy atom. The molecule has 0 aliphatic carbocycles. The van der Waals surface area contributed by atoms with E-state index in [0.29, 0.717) is 0 Å². The van der Waals surface area contributed by atoms with Crippen LogP contribution in [0.3, 0.4) is 0 Å². The van der Waals surface area contributed by atoms with Crippen molar-refractivity contribution in [2.24, 2.45) is 0 Å². The van der Waals surface area contributed by atoms with Crippen LogP contribution in [0.4, 0.5) is 0 Å². The zero-order chi connectivity index (χ0) is 19.2. The van der Waals surface area contributed by atoms with Crippen LogP contribution in [0.2, 0.25) is 0 Å². The Bertz CT molecular complexity index is 1430. The van der Waals surface area contributed by atoms with E-state index in [1.165, 1.54) is 53.9 Å². The molecule has 0 nitrogen and oxygen atoms in total. The molecule has 0 saturated carbocycles. The molecule has 1 heterocycles. The van der Waals surface area contributed by atoms with E-state index in [9.17, 15) is 0 Å². The third-order valence-electron chi connectivity index (χ3n) is 5.74. The normalized spacial score (nSPS) is 11.4. The van der Waals surface area contributed by atoms with E-state index in [1.54, 1.807) is 0 Å². The van der Waals surface area contributed by atoms with Gasteiger partial charge in [0.25, 0.3) is 0 Å². The second-order valence-electron chi connectivity index (χ2n) is 7.38. The smallest absolute Gasteiger partial charge is 0.0355 e. The third kappa shape index (κ3) is 2.59. The van der Waals surface area contributed by atoms with Gasteiger partial charge in [0, 0.05) is 10.4 Å². The second-order valence-corrected chi connectivity index (χ2v) is 8.33. The fourth-order valence-corrected chi connectivity index (χ4v) is 5.27. The first kappa shape index (κ1) is 16.5. The predicted octanol–water partition coefficient (Wildman–Crippen LogP) is 8.54.